The first-order valence-corrected chi connectivity index (χ1v) is 10.2. The first kappa shape index (κ1) is 19.0. The Kier molecular flexibility index (Phi) is 5.16. The molecule has 0 aliphatic carbocycles. The van der Waals surface area contributed by atoms with Gasteiger partial charge in [-0.15, -0.1) is 11.3 Å². The Hall–Kier alpha value is -1.81. The second kappa shape index (κ2) is 7.07. The van der Waals surface area contributed by atoms with E-state index in [0.29, 0.717) is 6.42 Å². The summed E-state index contributed by atoms with van der Waals surface area (Å²) in [6.45, 7) is 14.7. The van der Waals surface area contributed by atoms with Crippen LogP contribution in [0.4, 0.5) is 11.4 Å². The van der Waals surface area contributed by atoms with E-state index in [1.165, 1.54) is 16.1 Å². The molecule has 1 aromatic heterocycles. The number of nitrogens with zero attached hydrogens (tertiary/aromatic N) is 1. The quantitative estimate of drug-likeness (QED) is 0.761. The normalized spacial score (nSPS) is 14.3. The van der Waals surface area contributed by atoms with Gasteiger partial charge in [-0.25, -0.2) is 0 Å². The Balaban J connectivity index is 1.78. The zero-order valence-corrected chi connectivity index (χ0v) is 17.6. The second-order valence-corrected chi connectivity index (χ2v) is 9.70. The van der Waals surface area contributed by atoms with E-state index in [-0.39, 0.29) is 11.3 Å². The fourth-order valence-electron chi connectivity index (χ4n) is 3.70. The SMILES string of the molecule is Cc1csc2c1CCN(c1cc(C)c(NC(=O)CC(C)(C)C)c(C)c1)C2. The largest absolute Gasteiger partial charge is 0.366 e. The van der Waals surface area contributed by atoms with E-state index >= 15 is 0 Å². The second-order valence-electron chi connectivity index (χ2n) is 8.73. The van der Waals surface area contributed by atoms with Gasteiger partial charge < -0.3 is 10.2 Å². The highest BCUT2D eigenvalue weighted by Gasteiger charge is 2.21. The van der Waals surface area contributed by atoms with Crippen molar-refractivity contribution in [2.24, 2.45) is 5.41 Å². The van der Waals surface area contributed by atoms with Crippen LogP contribution >= 0.6 is 11.3 Å². The molecule has 0 bridgehead atoms. The Morgan fingerprint density at radius 3 is 2.42 bits per heavy atom. The van der Waals surface area contributed by atoms with Crippen molar-refractivity contribution in [1.82, 2.24) is 0 Å². The van der Waals surface area contributed by atoms with Crippen LogP contribution in [0.3, 0.4) is 0 Å². The molecule has 2 aromatic rings. The first-order valence-electron chi connectivity index (χ1n) is 9.36. The summed E-state index contributed by atoms with van der Waals surface area (Å²) in [7, 11) is 0. The smallest absolute Gasteiger partial charge is 0.224 e. The van der Waals surface area contributed by atoms with E-state index in [4.69, 9.17) is 0 Å². The van der Waals surface area contributed by atoms with Crippen molar-refractivity contribution < 1.29 is 4.79 Å². The van der Waals surface area contributed by atoms with Crippen LogP contribution in [0.1, 0.15) is 54.3 Å². The third-order valence-corrected chi connectivity index (χ3v) is 6.13. The minimum atomic E-state index is -0.00379. The van der Waals surface area contributed by atoms with Crippen LogP contribution < -0.4 is 10.2 Å². The molecule has 140 valence electrons. The van der Waals surface area contributed by atoms with E-state index in [2.05, 4.69) is 69.3 Å². The lowest BCUT2D eigenvalue weighted by atomic mass is 9.92. The highest BCUT2D eigenvalue weighted by Crippen LogP contribution is 2.34. The molecule has 0 spiro atoms. The molecule has 4 heteroatoms. The van der Waals surface area contributed by atoms with Crippen molar-refractivity contribution in [2.45, 2.75) is 60.9 Å². The molecule has 0 radical (unpaired) electrons. The predicted molar refractivity (Wildman–Crippen MR) is 112 cm³/mol. The van der Waals surface area contributed by atoms with Gasteiger partial charge in [0.15, 0.2) is 0 Å². The fourth-order valence-corrected chi connectivity index (χ4v) is 4.79. The van der Waals surface area contributed by atoms with Gasteiger partial charge in [-0.05, 0) is 72.4 Å². The molecule has 1 aromatic carbocycles. The maximum Gasteiger partial charge on any atom is 0.224 e. The van der Waals surface area contributed by atoms with Gasteiger partial charge in [-0.1, -0.05) is 20.8 Å². The Morgan fingerprint density at radius 1 is 1.15 bits per heavy atom. The van der Waals surface area contributed by atoms with Gasteiger partial charge in [0.25, 0.3) is 0 Å². The molecule has 1 aliphatic rings. The van der Waals surface area contributed by atoms with Crippen LogP contribution in [-0.4, -0.2) is 12.5 Å². The number of hydrogen-bond donors (Lipinski definition) is 1. The minimum Gasteiger partial charge on any atom is -0.366 e. The molecule has 2 heterocycles. The molecule has 0 fully saturated rings. The molecule has 1 N–H and O–H groups in total. The van der Waals surface area contributed by atoms with Crippen molar-refractivity contribution in [3.8, 4) is 0 Å². The van der Waals surface area contributed by atoms with Gasteiger partial charge in [-0.2, -0.15) is 0 Å². The van der Waals surface area contributed by atoms with Crippen LogP contribution in [0.15, 0.2) is 17.5 Å². The number of anilines is 2. The molecule has 26 heavy (non-hydrogen) atoms. The van der Waals surface area contributed by atoms with Crippen molar-refractivity contribution in [3.05, 3.63) is 44.6 Å². The molecule has 0 unspecified atom stereocenters. The van der Waals surface area contributed by atoms with Crippen LogP contribution in [0.25, 0.3) is 0 Å². The zero-order valence-electron chi connectivity index (χ0n) is 16.8. The highest BCUT2D eigenvalue weighted by molar-refractivity contribution is 7.10. The number of fused-ring (bicyclic) bond motifs is 1. The molecule has 1 amide bonds. The third-order valence-electron chi connectivity index (χ3n) is 4.99. The zero-order chi connectivity index (χ0) is 19.1. The molecule has 0 atom stereocenters. The van der Waals surface area contributed by atoms with Gasteiger partial charge >= 0.3 is 0 Å². The van der Waals surface area contributed by atoms with Gasteiger partial charge in [0.05, 0.1) is 6.54 Å². The summed E-state index contributed by atoms with van der Waals surface area (Å²) < 4.78 is 0. The van der Waals surface area contributed by atoms with Crippen LogP contribution in [0, 0.1) is 26.2 Å². The van der Waals surface area contributed by atoms with Gasteiger partial charge in [0.2, 0.25) is 5.91 Å². The van der Waals surface area contributed by atoms with Crippen molar-refractivity contribution >= 4 is 28.6 Å². The van der Waals surface area contributed by atoms with E-state index in [1.54, 1.807) is 5.56 Å². The summed E-state index contributed by atoms with van der Waals surface area (Å²) in [6.07, 6.45) is 1.65. The average molecular weight is 371 g/mol. The van der Waals surface area contributed by atoms with E-state index in [1.807, 2.05) is 11.3 Å². The standard InChI is InChI=1S/C22H30N2OS/c1-14-9-17(24-8-7-18-16(3)13-26-19(18)12-24)10-15(2)21(14)23-20(25)11-22(4,5)6/h9-10,13H,7-8,11-12H2,1-6H3,(H,23,25). The molecule has 0 saturated carbocycles. The summed E-state index contributed by atoms with van der Waals surface area (Å²) in [4.78, 5) is 16.3. The van der Waals surface area contributed by atoms with E-state index in [9.17, 15) is 4.79 Å². The number of thiophene rings is 1. The molecular weight excluding hydrogens is 340 g/mol. The van der Waals surface area contributed by atoms with Crippen molar-refractivity contribution in [1.29, 1.82) is 0 Å². The summed E-state index contributed by atoms with van der Waals surface area (Å²) >= 11 is 1.88. The Morgan fingerprint density at radius 2 is 1.81 bits per heavy atom. The Labute approximate surface area is 161 Å². The molecule has 0 saturated heterocycles. The number of rotatable bonds is 3. The number of nitrogens with one attached hydrogen (secondary N) is 1. The van der Waals surface area contributed by atoms with Crippen LogP contribution in [0.5, 0.6) is 0 Å². The first-order chi connectivity index (χ1) is 12.1. The van der Waals surface area contributed by atoms with Gasteiger partial charge in [0.1, 0.15) is 0 Å². The number of carbonyl (C=O) groups excluding carboxylic acids is 1. The van der Waals surface area contributed by atoms with E-state index in [0.717, 1.165) is 36.3 Å². The van der Waals surface area contributed by atoms with Crippen molar-refractivity contribution in [3.63, 3.8) is 0 Å². The maximum atomic E-state index is 12.3. The van der Waals surface area contributed by atoms with Crippen LogP contribution in [0.2, 0.25) is 0 Å². The molecule has 1 aliphatic heterocycles. The fraction of sp³-hybridized carbons (Fsp3) is 0.500. The van der Waals surface area contributed by atoms with Gasteiger partial charge in [0, 0.05) is 29.2 Å². The summed E-state index contributed by atoms with van der Waals surface area (Å²) in [5.41, 5.74) is 7.47. The molecule has 3 rings (SSSR count). The minimum absolute atomic E-state index is 0.00379. The van der Waals surface area contributed by atoms with E-state index < -0.39 is 0 Å². The highest BCUT2D eigenvalue weighted by atomic mass is 32.1. The predicted octanol–water partition coefficient (Wildman–Crippen LogP) is 5.61. The van der Waals surface area contributed by atoms with Crippen molar-refractivity contribution in [2.75, 3.05) is 16.8 Å². The lowest BCUT2D eigenvalue weighted by Crippen LogP contribution is -2.29. The Bertz CT molecular complexity index is 806. The van der Waals surface area contributed by atoms with Crippen LogP contribution in [-0.2, 0) is 17.8 Å². The molecular formula is C22H30N2OS. The summed E-state index contributed by atoms with van der Waals surface area (Å²) in [6, 6.07) is 4.43. The monoisotopic (exact) mass is 370 g/mol. The number of hydrogen-bond acceptors (Lipinski definition) is 3. The topological polar surface area (TPSA) is 32.3 Å². The lowest BCUT2D eigenvalue weighted by molar-refractivity contribution is -0.117. The summed E-state index contributed by atoms with van der Waals surface area (Å²) in [5, 5.41) is 5.41. The molecule has 3 nitrogen and oxygen atoms in total. The number of benzene rings is 1. The third kappa shape index (κ3) is 4.12. The lowest BCUT2D eigenvalue weighted by Gasteiger charge is -2.30. The van der Waals surface area contributed by atoms with Gasteiger partial charge in [-0.3, -0.25) is 4.79 Å². The summed E-state index contributed by atoms with van der Waals surface area (Å²) in [5.74, 6) is 0.0909. The number of aryl methyl sites for hydroxylation is 3. The number of carbonyl (C=O) groups is 1. The number of amides is 1. The maximum absolute atomic E-state index is 12.3. The average Bonchev–Trinajstić information content (AvgIpc) is 2.90.